The van der Waals surface area contributed by atoms with Crippen molar-refractivity contribution in [2.24, 2.45) is 0 Å². The van der Waals surface area contributed by atoms with Gasteiger partial charge >= 0.3 is 5.97 Å². The third-order valence-electron chi connectivity index (χ3n) is 2.88. The van der Waals surface area contributed by atoms with Gasteiger partial charge in [-0.3, -0.25) is 4.79 Å². The summed E-state index contributed by atoms with van der Waals surface area (Å²) >= 11 is 1.48. The van der Waals surface area contributed by atoms with E-state index in [4.69, 9.17) is 5.11 Å². The Bertz CT molecular complexity index is 502. The van der Waals surface area contributed by atoms with Gasteiger partial charge in [0, 0.05) is 5.75 Å². The van der Waals surface area contributed by atoms with Gasteiger partial charge in [0.2, 0.25) is 5.91 Å². The number of hydrogen-bond acceptors (Lipinski definition) is 3. The lowest BCUT2D eigenvalue weighted by Crippen LogP contribution is -2.41. The molecule has 0 saturated heterocycles. The first-order valence-electron chi connectivity index (χ1n) is 6.79. The van der Waals surface area contributed by atoms with E-state index in [2.05, 4.69) is 18.0 Å². The smallest absolute Gasteiger partial charge is 0.326 e. The van der Waals surface area contributed by atoms with Crippen LogP contribution in [0.1, 0.15) is 24.0 Å². The first kappa shape index (κ1) is 17.3. The van der Waals surface area contributed by atoms with Crippen LogP contribution in [0.15, 0.2) is 36.9 Å². The van der Waals surface area contributed by atoms with E-state index in [9.17, 15) is 9.59 Å². The van der Waals surface area contributed by atoms with Gasteiger partial charge in [-0.15, -0.1) is 18.3 Å². The first-order valence-corrected chi connectivity index (χ1v) is 7.94. The number of aliphatic carboxylic acids is 1. The molecule has 1 rings (SSSR count). The van der Waals surface area contributed by atoms with Gasteiger partial charge in [-0.05, 0) is 25.3 Å². The van der Waals surface area contributed by atoms with Crippen molar-refractivity contribution in [3.05, 3.63) is 48.0 Å². The third kappa shape index (κ3) is 6.99. The molecular formula is C16H21NO3S. The fourth-order valence-corrected chi connectivity index (χ4v) is 2.63. The van der Waals surface area contributed by atoms with Crippen LogP contribution in [-0.4, -0.2) is 28.8 Å². The SMILES string of the molecule is C=CCCC(NC(=O)CSCc1cccc(C)c1)C(=O)O. The largest absolute Gasteiger partial charge is 0.480 e. The molecule has 1 unspecified atom stereocenters. The Labute approximate surface area is 129 Å². The molecule has 1 aromatic rings. The van der Waals surface area contributed by atoms with Crippen LogP contribution in [0.25, 0.3) is 0 Å². The van der Waals surface area contributed by atoms with Crippen LogP contribution in [-0.2, 0) is 15.3 Å². The lowest BCUT2D eigenvalue weighted by molar-refractivity contribution is -0.141. The quantitative estimate of drug-likeness (QED) is 0.688. The zero-order valence-corrected chi connectivity index (χ0v) is 13.0. The van der Waals surface area contributed by atoms with E-state index in [1.54, 1.807) is 6.08 Å². The van der Waals surface area contributed by atoms with Gasteiger partial charge in [0.15, 0.2) is 0 Å². The van der Waals surface area contributed by atoms with Gasteiger partial charge in [0.05, 0.1) is 5.75 Å². The number of carboxylic acid groups (broad SMARTS) is 1. The summed E-state index contributed by atoms with van der Waals surface area (Å²) in [6.07, 6.45) is 2.58. The van der Waals surface area contributed by atoms with Crippen molar-refractivity contribution in [2.45, 2.75) is 31.6 Å². The Morgan fingerprint density at radius 1 is 1.48 bits per heavy atom. The van der Waals surface area contributed by atoms with Crippen molar-refractivity contribution in [3.8, 4) is 0 Å². The molecule has 0 aliphatic carbocycles. The number of hydrogen-bond donors (Lipinski definition) is 2. The minimum atomic E-state index is -1.01. The molecule has 0 spiro atoms. The van der Waals surface area contributed by atoms with Gasteiger partial charge in [0.25, 0.3) is 0 Å². The average Bonchev–Trinajstić information content (AvgIpc) is 2.43. The predicted octanol–water partition coefficient (Wildman–Crippen LogP) is 2.76. The number of carboxylic acids is 1. The highest BCUT2D eigenvalue weighted by molar-refractivity contribution is 7.99. The second-order valence-corrected chi connectivity index (χ2v) is 5.79. The van der Waals surface area contributed by atoms with Gasteiger partial charge in [-0.2, -0.15) is 0 Å². The van der Waals surface area contributed by atoms with E-state index in [1.807, 2.05) is 25.1 Å². The number of nitrogens with one attached hydrogen (secondary N) is 1. The predicted molar refractivity (Wildman–Crippen MR) is 86.3 cm³/mol. The van der Waals surface area contributed by atoms with E-state index < -0.39 is 12.0 Å². The molecule has 0 heterocycles. The van der Waals surface area contributed by atoms with Crippen LogP contribution < -0.4 is 5.32 Å². The normalized spacial score (nSPS) is 11.7. The third-order valence-corrected chi connectivity index (χ3v) is 3.88. The summed E-state index contributed by atoms with van der Waals surface area (Å²) in [7, 11) is 0. The topological polar surface area (TPSA) is 66.4 Å². The lowest BCUT2D eigenvalue weighted by atomic mass is 10.1. The molecule has 2 N–H and O–H groups in total. The summed E-state index contributed by atoms with van der Waals surface area (Å²) in [5.74, 6) is -0.260. The van der Waals surface area contributed by atoms with E-state index in [0.29, 0.717) is 12.8 Å². The van der Waals surface area contributed by atoms with Crippen molar-refractivity contribution in [1.82, 2.24) is 5.32 Å². The number of thioether (sulfide) groups is 1. The summed E-state index contributed by atoms with van der Waals surface area (Å²) in [6.45, 7) is 5.58. The van der Waals surface area contributed by atoms with E-state index in [1.165, 1.54) is 17.3 Å². The van der Waals surface area contributed by atoms with Crippen molar-refractivity contribution in [3.63, 3.8) is 0 Å². The Balaban J connectivity index is 2.35. The number of carbonyl (C=O) groups excluding carboxylic acids is 1. The molecule has 0 aliphatic rings. The van der Waals surface area contributed by atoms with Gasteiger partial charge in [0.1, 0.15) is 6.04 Å². The van der Waals surface area contributed by atoms with Gasteiger partial charge in [-0.25, -0.2) is 4.79 Å². The fourth-order valence-electron chi connectivity index (χ4n) is 1.84. The number of aryl methyl sites for hydroxylation is 1. The van der Waals surface area contributed by atoms with Crippen molar-refractivity contribution >= 4 is 23.6 Å². The standard InChI is InChI=1S/C16H21NO3S/c1-3-4-8-14(16(19)20)17-15(18)11-21-10-13-7-5-6-12(2)9-13/h3,5-7,9,14H,1,4,8,10-11H2,2H3,(H,17,18)(H,19,20). The molecule has 21 heavy (non-hydrogen) atoms. The maximum absolute atomic E-state index is 11.8. The molecule has 1 amide bonds. The number of allylic oxidation sites excluding steroid dienone is 1. The molecular weight excluding hydrogens is 286 g/mol. The van der Waals surface area contributed by atoms with E-state index >= 15 is 0 Å². The molecule has 4 nitrogen and oxygen atoms in total. The molecule has 0 aliphatic heterocycles. The molecule has 1 atom stereocenters. The van der Waals surface area contributed by atoms with Crippen molar-refractivity contribution in [2.75, 3.05) is 5.75 Å². The molecule has 0 aromatic heterocycles. The molecule has 1 aromatic carbocycles. The lowest BCUT2D eigenvalue weighted by Gasteiger charge is -2.13. The van der Waals surface area contributed by atoms with Crippen LogP contribution in [0.3, 0.4) is 0 Å². The summed E-state index contributed by atoms with van der Waals surface area (Å²) in [4.78, 5) is 22.8. The maximum atomic E-state index is 11.8. The molecule has 0 fully saturated rings. The first-order chi connectivity index (χ1) is 10.0. The van der Waals surface area contributed by atoms with Crippen LogP contribution in [0.2, 0.25) is 0 Å². The van der Waals surface area contributed by atoms with E-state index in [-0.39, 0.29) is 11.7 Å². The Kier molecular flexibility index (Phi) is 7.61. The van der Waals surface area contributed by atoms with Crippen molar-refractivity contribution < 1.29 is 14.7 Å². The highest BCUT2D eigenvalue weighted by Gasteiger charge is 2.18. The maximum Gasteiger partial charge on any atom is 0.326 e. The van der Waals surface area contributed by atoms with Crippen molar-refractivity contribution in [1.29, 1.82) is 0 Å². The zero-order valence-electron chi connectivity index (χ0n) is 12.2. The number of benzene rings is 1. The van der Waals surface area contributed by atoms with Crippen LogP contribution in [0.5, 0.6) is 0 Å². The van der Waals surface area contributed by atoms with Crippen LogP contribution in [0, 0.1) is 6.92 Å². The molecule has 114 valence electrons. The molecule has 0 radical (unpaired) electrons. The molecule has 5 heteroatoms. The van der Waals surface area contributed by atoms with Gasteiger partial charge < -0.3 is 10.4 Å². The Morgan fingerprint density at radius 2 is 2.24 bits per heavy atom. The van der Waals surface area contributed by atoms with E-state index in [0.717, 1.165) is 11.3 Å². The minimum Gasteiger partial charge on any atom is -0.480 e. The Morgan fingerprint density at radius 3 is 2.86 bits per heavy atom. The van der Waals surface area contributed by atoms with Crippen LogP contribution >= 0.6 is 11.8 Å². The summed E-state index contributed by atoms with van der Waals surface area (Å²) < 4.78 is 0. The second-order valence-electron chi connectivity index (χ2n) is 4.81. The molecule has 0 bridgehead atoms. The highest BCUT2D eigenvalue weighted by Crippen LogP contribution is 2.13. The monoisotopic (exact) mass is 307 g/mol. The summed E-state index contributed by atoms with van der Waals surface area (Å²) in [5.41, 5.74) is 2.35. The van der Waals surface area contributed by atoms with Gasteiger partial charge in [-0.1, -0.05) is 35.9 Å². The Hall–Kier alpha value is -1.75. The molecule has 0 saturated carbocycles. The second kappa shape index (κ2) is 9.23. The number of rotatable bonds is 9. The van der Waals surface area contributed by atoms with Crippen LogP contribution in [0.4, 0.5) is 0 Å². The fraction of sp³-hybridized carbons (Fsp3) is 0.375. The average molecular weight is 307 g/mol. The number of carbonyl (C=O) groups is 2. The summed E-state index contributed by atoms with van der Waals surface area (Å²) in [5, 5.41) is 11.6. The zero-order chi connectivity index (χ0) is 15.7. The minimum absolute atomic E-state index is 0.246. The summed E-state index contributed by atoms with van der Waals surface area (Å²) in [6, 6.07) is 7.27. The highest BCUT2D eigenvalue weighted by atomic mass is 32.2. The number of amides is 1.